The Morgan fingerprint density at radius 2 is 2.15 bits per heavy atom. The SMILES string of the molecule is CCc1ccccc1NC(=O)c1c(O)c2c3c(sc2[nH]c1=O)C[C@H](C)CC3. The number of para-hydroxylation sites is 1. The summed E-state index contributed by atoms with van der Waals surface area (Å²) in [6, 6.07) is 7.47. The van der Waals surface area contributed by atoms with Crippen molar-refractivity contribution in [2.45, 2.75) is 39.5 Å². The first-order valence-corrected chi connectivity index (χ1v) is 10.1. The van der Waals surface area contributed by atoms with Gasteiger partial charge in [0.05, 0.1) is 5.39 Å². The van der Waals surface area contributed by atoms with Gasteiger partial charge >= 0.3 is 0 Å². The summed E-state index contributed by atoms with van der Waals surface area (Å²) in [5, 5.41) is 14.3. The van der Waals surface area contributed by atoms with E-state index in [2.05, 4.69) is 17.2 Å². The third-order valence-electron chi connectivity index (χ3n) is 5.31. The Hall–Kier alpha value is -2.60. The lowest BCUT2D eigenvalue weighted by atomic mass is 9.89. The highest BCUT2D eigenvalue weighted by molar-refractivity contribution is 7.18. The molecule has 1 aromatic carbocycles. The number of aromatic nitrogens is 1. The molecule has 1 amide bonds. The van der Waals surface area contributed by atoms with Gasteiger partial charge in [0.25, 0.3) is 11.5 Å². The molecule has 0 radical (unpaired) electrons. The van der Waals surface area contributed by atoms with Gasteiger partial charge in [0.15, 0.2) is 0 Å². The lowest BCUT2D eigenvalue weighted by Gasteiger charge is -2.18. The monoisotopic (exact) mass is 382 g/mol. The summed E-state index contributed by atoms with van der Waals surface area (Å²) in [5.74, 6) is -0.194. The molecular formula is C21H22N2O3S. The number of pyridine rings is 1. The van der Waals surface area contributed by atoms with Crippen molar-refractivity contribution in [1.82, 2.24) is 4.98 Å². The zero-order chi connectivity index (χ0) is 19.1. The Morgan fingerprint density at radius 1 is 1.37 bits per heavy atom. The normalized spacial score (nSPS) is 16.3. The molecule has 140 valence electrons. The molecule has 0 spiro atoms. The molecule has 0 unspecified atom stereocenters. The number of hydrogen-bond acceptors (Lipinski definition) is 4. The molecule has 0 saturated carbocycles. The molecule has 5 nitrogen and oxygen atoms in total. The summed E-state index contributed by atoms with van der Waals surface area (Å²) < 4.78 is 0. The van der Waals surface area contributed by atoms with Crippen molar-refractivity contribution in [3.8, 4) is 5.75 Å². The molecule has 3 N–H and O–H groups in total. The second-order valence-corrected chi connectivity index (χ2v) is 8.30. The van der Waals surface area contributed by atoms with E-state index in [9.17, 15) is 14.7 Å². The minimum absolute atomic E-state index is 0.202. The Labute approximate surface area is 161 Å². The minimum atomic E-state index is -0.583. The van der Waals surface area contributed by atoms with Crippen molar-refractivity contribution in [2.75, 3.05) is 5.32 Å². The van der Waals surface area contributed by atoms with E-state index in [0.29, 0.717) is 21.8 Å². The molecule has 0 fully saturated rings. The number of H-pyrrole nitrogens is 1. The molecule has 0 aliphatic heterocycles. The maximum absolute atomic E-state index is 12.8. The van der Waals surface area contributed by atoms with Crippen LogP contribution in [0.3, 0.4) is 0 Å². The van der Waals surface area contributed by atoms with E-state index >= 15 is 0 Å². The summed E-state index contributed by atoms with van der Waals surface area (Å²) in [7, 11) is 0. The summed E-state index contributed by atoms with van der Waals surface area (Å²) in [4.78, 5) is 30.0. The van der Waals surface area contributed by atoms with E-state index in [0.717, 1.165) is 36.8 Å². The number of nitrogens with one attached hydrogen (secondary N) is 2. The number of carbonyl (C=O) groups excluding carboxylic acids is 1. The number of aryl methyl sites for hydroxylation is 2. The van der Waals surface area contributed by atoms with Gasteiger partial charge in [0, 0.05) is 10.6 Å². The van der Waals surface area contributed by atoms with Crippen LogP contribution in [0.25, 0.3) is 10.2 Å². The molecule has 2 heterocycles. The van der Waals surface area contributed by atoms with Crippen LogP contribution in [-0.2, 0) is 19.3 Å². The van der Waals surface area contributed by atoms with Gasteiger partial charge < -0.3 is 15.4 Å². The Bertz CT molecular complexity index is 1100. The largest absolute Gasteiger partial charge is 0.506 e. The second kappa shape index (κ2) is 6.85. The van der Waals surface area contributed by atoms with Gasteiger partial charge in [0.2, 0.25) is 0 Å². The predicted octanol–water partition coefficient (Wildman–Crippen LogP) is 4.23. The summed E-state index contributed by atoms with van der Waals surface area (Å²) >= 11 is 1.52. The van der Waals surface area contributed by atoms with Gasteiger partial charge in [-0.3, -0.25) is 9.59 Å². The molecule has 6 heteroatoms. The zero-order valence-corrected chi connectivity index (χ0v) is 16.2. The van der Waals surface area contributed by atoms with E-state index in [1.807, 2.05) is 25.1 Å². The van der Waals surface area contributed by atoms with Gasteiger partial charge in [-0.25, -0.2) is 0 Å². The van der Waals surface area contributed by atoms with Gasteiger partial charge in [-0.05, 0) is 48.8 Å². The number of aromatic hydroxyl groups is 1. The Morgan fingerprint density at radius 3 is 2.93 bits per heavy atom. The molecule has 0 bridgehead atoms. The van der Waals surface area contributed by atoms with Crippen molar-refractivity contribution in [3.63, 3.8) is 0 Å². The van der Waals surface area contributed by atoms with Crippen molar-refractivity contribution in [3.05, 3.63) is 56.2 Å². The number of hydrogen-bond donors (Lipinski definition) is 3. The fraction of sp³-hybridized carbons (Fsp3) is 0.333. The van der Waals surface area contributed by atoms with E-state index in [-0.39, 0.29) is 11.3 Å². The first-order chi connectivity index (χ1) is 13.0. The van der Waals surface area contributed by atoms with Crippen LogP contribution in [0.15, 0.2) is 29.1 Å². The number of fused-ring (bicyclic) bond motifs is 3. The number of anilines is 1. The maximum Gasteiger partial charge on any atom is 0.265 e. The Kier molecular flexibility index (Phi) is 4.52. The molecule has 4 rings (SSSR count). The maximum atomic E-state index is 12.8. The molecule has 0 saturated heterocycles. The molecule has 1 aliphatic rings. The number of carbonyl (C=O) groups is 1. The average molecular weight is 382 g/mol. The highest BCUT2D eigenvalue weighted by Crippen LogP contribution is 2.41. The van der Waals surface area contributed by atoms with Crippen LogP contribution >= 0.6 is 11.3 Å². The number of aromatic amines is 1. The summed E-state index contributed by atoms with van der Waals surface area (Å²) in [6.07, 6.45) is 3.61. The van der Waals surface area contributed by atoms with E-state index in [1.165, 1.54) is 16.2 Å². The van der Waals surface area contributed by atoms with Crippen LogP contribution in [0.2, 0.25) is 0 Å². The minimum Gasteiger partial charge on any atom is -0.506 e. The van der Waals surface area contributed by atoms with Crippen molar-refractivity contribution < 1.29 is 9.90 Å². The second-order valence-electron chi connectivity index (χ2n) is 7.20. The van der Waals surface area contributed by atoms with E-state index in [4.69, 9.17) is 0 Å². The van der Waals surface area contributed by atoms with Gasteiger partial charge in [-0.1, -0.05) is 32.0 Å². The fourth-order valence-corrected chi connectivity index (χ4v) is 5.24. The lowest BCUT2D eigenvalue weighted by molar-refractivity contribution is 0.102. The highest BCUT2D eigenvalue weighted by atomic mass is 32.1. The number of thiophene rings is 1. The van der Waals surface area contributed by atoms with Crippen LogP contribution in [0.1, 0.15) is 46.6 Å². The molecule has 3 aromatic rings. The van der Waals surface area contributed by atoms with Crippen molar-refractivity contribution >= 4 is 33.1 Å². The van der Waals surface area contributed by atoms with Crippen molar-refractivity contribution in [2.24, 2.45) is 5.92 Å². The van der Waals surface area contributed by atoms with Crippen LogP contribution in [0.5, 0.6) is 5.75 Å². The van der Waals surface area contributed by atoms with E-state index < -0.39 is 11.5 Å². The summed E-state index contributed by atoms with van der Waals surface area (Å²) in [5.41, 5.74) is 1.94. The smallest absolute Gasteiger partial charge is 0.265 e. The standard InChI is InChI=1S/C21H22N2O3S/c1-3-12-6-4-5-7-14(12)22-19(25)17-18(24)16-13-9-8-11(2)10-15(13)27-21(16)23-20(17)26/h4-7,11H,3,8-10H2,1-2H3,(H,22,25)(H2,23,24,26)/t11-/m1/s1. The topological polar surface area (TPSA) is 82.2 Å². The number of benzene rings is 1. The third-order valence-corrected chi connectivity index (χ3v) is 6.48. The first-order valence-electron chi connectivity index (χ1n) is 9.28. The van der Waals surface area contributed by atoms with Crippen LogP contribution in [-0.4, -0.2) is 16.0 Å². The van der Waals surface area contributed by atoms with E-state index in [1.54, 1.807) is 6.07 Å². The molecule has 1 atom stereocenters. The predicted molar refractivity (Wildman–Crippen MR) is 109 cm³/mol. The molecule has 2 aromatic heterocycles. The third kappa shape index (κ3) is 3.04. The van der Waals surface area contributed by atoms with Crippen LogP contribution in [0.4, 0.5) is 5.69 Å². The van der Waals surface area contributed by atoms with Crippen LogP contribution < -0.4 is 10.9 Å². The van der Waals surface area contributed by atoms with Gasteiger partial charge in [0.1, 0.15) is 16.1 Å². The van der Waals surface area contributed by atoms with Gasteiger partial charge in [-0.2, -0.15) is 0 Å². The first kappa shape index (κ1) is 17.8. The summed E-state index contributed by atoms with van der Waals surface area (Å²) in [6.45, 7) is 4.21. The molecule has 27 heavy (non-hydrogen) atoms. The van der Waals surface area contributed by atoms with Crippen molar-refractivity contribution in [1.29, 1.82) is 0 Å². The lowest BCUT2D eigenvalue weighted by Crippen LogP contribution is -2.23. The Balaban J connectivity index is 1.80. The van der Waals surface area contributed by atoms with Gasteiger partial charge in [-0.15, -0.1) is 11.3 Å². The zero-order valence-electron chi connectivity index (χ0n) is 15.4. The highest BCUT2D eigenvalue weighted by Gasteiger charge is 2.27. The quantitative estimate of drug-likeness (QED) is 0.634. The van der Waals surface area contributed by atoms with Crippen LogP contribution in [0, 0.1) is 5.92 Å². The average Bonchev–Trinajstić information content (AvgIpc) is 2.99. The molecule has 1 aliphatic carbocycles. The molecular weight excluding hydrogens is 360 g/mol. The number of rotatable bonds is 3. The number of amides is 1. The fourth-order valence-electron chi connectivity index (χ4n) is 3.83.